The Morgan fingerprint density at radius 2 is 1.50 bits per heavy atom. The quantitative estimate of drug-likeness (QED) is 0.263. The SMILES string of the molecule is Brc1ccccc1CNc1nc(C2CCCCC2)nc(N2CCCCC2)n1.Cl.N.N.N.N.[HH].[HH].[HH]. The van der Waals surface area contributed by atoms with Gasteiger partial charge in [-0.05, 0) is 43.7 Å². The summed E-state index contributed by atoms with van der Waals surface area (Å²) in [5.41, 5.74) is 1.21. The number of nitrogens with zero attached hydrogens (tertiary/aromatic N) is 4. The van der Waals surface area contributed by atoms with Gasteiger partial charge in [0.25, 0.3) is 0 Å². The molecule has 1 saturated carbocycles. The number of benzene rings is 1. The third kappa shape index (κ3) is 8.42. The zero-order chi connectivity index (χ0) is 18.5. The van der Waals surface area contributed by atoms with Crippen LogP contribution in [0.15, 0.2) is 28.7 Å². The van der Waals surface area contributed by atoms with Gasteiger partial charge in [0.15, 0.2) is 0 Å². The minimum atomic E-state index is 0. The van der Waals surface area contributed by atoms with Crippen LogP contribution in [0.2, 0.25) is 0 Å². The number of hydrogen-bond donors (Lipinski definition) is 5. The first-order valence-electron chi connectivity index (χ1n) is 10.3. The fourth-order valence-electron chi connectivity index (χ4n) is 4.05. The largest absolute Gasteiger partial charge is 0.350 e. The van der Waals surface area contributed by atoms with Crippen LogP contribution in [-0.2, 0) is 6.54 Å². The molecule has 1 aliphatic heterocycles. The Morgan fingerprint density at radius 3 is 2.16 bits per heavy atom. The van der Waals surface area contributed by atoms with Crippen molar-refractivity contribution in [2.45, 2.75) is 63.8 Å². The smallest absolute Gasteiger partial charge is 0.230 e. The highest BCUT2D eigenvalue weighted by Crippen LogP contribution is 2.32. The van der Waals surface area contributed by atoms with E-state index in [0.717, 1.165) is 29.3 Å². The summed E-state index contributed by atoms with van der Waals surface area (Å²) in [7, 11) is 0. The second-order valence-electron chi connectivity index (χ2n) is 7.64. The molecule has 190 valence electrons. The molecule has 0 unspecified atom stereocenters. The molecule has 2 heterocycles. The van der Waals surface area contributed by atoms with E-state index >= 15 is 0 Å². The van der Waals surface area contributed by atoms with Crippen LogP contribution < -0.4 is 34.8 Å². The minimum absolute atomic E-state index is 0. The highest BCUT2D eigenvalue weighted by Gasteiger charge is 2.22. The van der Waals surface area contributed by atoms with Crippen molar-refractivity contribution < 1.29 is 4.28 Å². The molecule has 0 spiro atoms. The fourth-order valence-corrected chi connectivity index (χ4v) is 4.48. The summed E-state index contributed by atoms with van der Waals surface area (Å²) >= 11 is 3.62. The lowest BCUT2D eigenvalue weighted by molar-refractivity contribution is 0.427. The predicted octanol–water partition coefficient (Wildman–Crippen LogP) is 7.09. The molecule has 2 fully saturated rings. The Morgan fingerprint density at radius 1 is 0.875 bits per heavy atom. The highest BCUT2D eigenvalue weighted by atomic mass is 79.9. The van der Waals surface area contributed by atoms with Crippen molar-refractivity contribution in [1.82, 2.24) is 39.6 Å². The fraction of sp³-hybridized carbons (Fsp3) is 0.571. The van der Waals surface area contributed by atoms with Gasteiger partial charge in [0.2, 0.25) is 11.9 Å². The summed E-state index contributed by atoms with van der Waals surface area (Å²) in [5.74, 6) is 3.04. The maximum Gasteiger partial charge on any atom is 0.230 e. The van der Waals surface area contributed by atoms with Crippen LogP contribution in [0.25, 0.3) is 0 Å². The number of nitrogens with one attached hydrogen (secondary N) is 1. The van der Waals surface area contributed by atoms with Gasteiger partial charge in [0, 0.05) is 34.3 Å². The van der Waals surface area contributed by atoms with Crippen molar-refractivity contribution in [2.24, 2.45) is 0 Å². The topological polar surface area (TPSA) is 194 Å². The second-order valence-corrected chi connectivity index (χ2v) is 8.50. The average molecular weight is 541 g/mol. The van der Waals surface area contributed by atoms with Gasteiger partial charge in [0.1, 0.15) is 5.82 Å². The summed E-state index contributed by atoms with van der Waals surface area (Å²) in [4.78, 5) is 16.8. The molecule has 0 bridgehead atoms. The van der Waals surface area contributed by atoms with Crippen LogP contribution in [0.3, 0.4) is 0 Å². The number of halogens is 2. The lowest BCUT2D eigenvalue weighted by Gasteiger charge is -2.28. The first-order valence-corrected chi connectivity index (χ1v) is 11.1. The van der Waals surface area contributed by atoms with Crippen molar-refractivity contribution in [2.75, 3.05) is 23.3 Å². The Kier molecular flexibility index (Phi) is 16.4. The van der Waals surface area contributed by atoms with Gasteiger partial charge in [0.05, 0.1) is 0 Å². The van der Waals surface area contributed by atoms with Crippen LogP contribution in [0.5, 0.6) is 0 Å². The van der Waals surface area contributed by atoms with E-state index < -0.39 is 0 Å². The van der Waals surface area contributed by atoms with Gasteiger partial charge in [-0.1, -0.05) is 53.4 Å². The van der Waals surface area contributed by atoms with E-state index in [-0.39, 0.29) is 41.3 Å². The number of hydrogen-bond acceptors (Lipinski definition) is 9. The van der Waals surface area contributed by atoms with Gasteiger partial charge in [-0.2, -0.15) is 15.0 Å². The van der Waals surface area contributed by atoms with Crippen LogP contribution in [0.1, 0.15) is 73.0 Å². The van der Waals surface area contributed by atoms with E-state index in [1.165, 1.54) is 56.9 Å². The normalized spacial score (nSPS) is 15.6. The molecular formula is C21H47BrClN9. The Hall–Kier alpha value is -1.56. The first-order chi connectivity index (χ1) is 13.3. The maximum atomic E-state index is 4.91. The van der Waals surface area contributed by atoms with Gasteiger partial charge in [-0.25, -0.2) is 0 Å². The standard InChI is InChI=1S/C21H28BrN5.ClH.4H3N.3H2/c22-18-12-6-5-11-17(18)15-23-20-24-19(16-9-3-1-4-10-16)25-21(26-20)27-13-7-2-8-14-27;;;;;;;;/h5-6,11-12,16H,1-4,7-10,13-15H2,(H,23,24,25,26);1H;4*1H3;3*1H. The first kappa shape index (κ1) is 32.6. The van der Waals surface area contributed by atoms with Gasteiger partial charge >= 0.3 is 0 Å². The number of anilines is 2. The molecule has 0 atom stereocenters. The van der Waals surface area contributed by atoms with Crippen LogP contribution in [-0.4, -0.2) is 28.0 Å². The Bertz CT molecular complexity index is 747. The van der Waals surface area contributed by atoms with E-state index in [4.69, 9.17) is 15.0 Å². The third-order valence-electron chi connectivity index (χ3n) is 5.64. The summed E-state index contributed by atoms with van der Waals surface area (Å²) in [5, 5.41) is 3.44. The molecule has 1 aromatic heterocycles. The average Bonchev–Trinajstić information content (AvgIpc) is 2.74. The molecule has 9 nitrogen and oxygen atoms in total. The summed E-state index contributed by atoms with van der Waals surface area (Å²) in [6.45, 7) is 2.81. The molecule has 11 heteroatoms. The zero-order valence-corrected chi connectivity index (χ0v) is 21.5. The summed E-state index contributed by atoms with van der Waals surface area (Å²) in [6.07, 6.45) is 10.1. The van der Waals surface area contributed by atoms with Crippen LogP contribution in [0.4, 0.5) is 11.9 Å². The van der Waals surface area contributed by atoms with Crippen LogP contribution in [0, 0.1) is 0 Å². The monoisotopic (exact) mass is 539 g/mol. The van der Waals surface area contributed by atoms with Crippen molar-refractivity contribution in [1.29, 1.82) is 0 Å². The molecule has 32 heavy (non-hydrogen) atoms. The zero-order valence-electron chi connectivity index (χ0n) is 19.1. The molecule has 2 aliphatic rings. The van der Waals surface area contributed by atoms with E-state index in [2.05, 4.69) is 44.3 Å². The number of rotatable bonds is 5. The number of piperidine rings is 1. The Balaban J connectivity index is -0.000000375. The van der Waals surface area contributed by atoms with E-state index in [0.29, 0.717) is 18.4 Å². The molecule has 2 aromatic rings. The second kappa shape index (κ2) is 16.1. The van der Waals surface area contributed by atoms with Gasteiger partial charge in [-0.15, -0.1) is 12.4 Å². The molecular weight excluding hydrogens is 494 g/mol. The lowest BCUT2D eigenvalue weighted by atomic mass is 9.89. The van der Waals surface area contributed by atoms with Crippen molar-refractivity contribution in [3.05, 3.63) is 40.1 Å². The summed E-state index contributed by atoms with van der Waals surface area (Å²) in [6, 6.07) is 8.27. The van der Waals surface area contributed by atoms with E-state index in [1.54, 1.807) is 0 Å². The molecule has 0 amide bonds. The molecule has 13 N–H and O–H groups in total. The molecule has 4 rings (SSSR count). The van der Waals surface area contributed by atoms with Crippen molar-refractivity contribution in [3.63, 3.8) is 0 Å². The van der Waals surface area contributed by atoms with Crippen LogP contribution >= 0.6 is 28.3 Å². The van der Waals surface area contributed by atoms with E-state index in [1.807, 2.05) is 6.07 Å². The summed E-state index contributed by atoms with van der Waals surface area (Å²) < 4.78 is 1.11. The molecule has 1 aliphatic carbocycles. The highest BCUT2D eigenvalue weighted by molar-refractivity contribution is 9.10. The van der Waals surface area contributed by atoms with Crippen molar-refractivity contribution >= 4 is 40.2 Å². The van der Waals surface area contributed by atoms with E-state index in [9.17, 15) is 0 Å². The maximum absolute atomic E-state index is 4.91. The van der Waals surface area contributed by atoms with Gasteiger partial charge in [-0.3, -0.25) is 0 Å². The molecule has 0 radical (unpaired) electrons. The van der Waals surface area contributed by atoms with Gasteiger partial charge < -0.3 is 34.8 Å². The minimum Gasteiger partial charge on any atom is -0.350 e. The predicted molar refractivity (Wildman–Crippen MR) is 147 cm³/mol. The lowest BCUT2D eigenvalue weighted by Crippen LogP contribution is -2.32. The molecule has 1 saturated heterocycles. The molecule has 1 aromatic carbocycles. The van der Waals surface area contributed by atoms with Crippen molar-refractivity contribution in [3.8, 4) is 0 Å². The third-order valence-corrected chi connectivity index (χ3v) is 6.42. The number of aromatic nitrogens is 3. The Labute approximate surface area is 211 Å².